The molecule has 0 bridgehead atoms. The lowest BCUT2D eigenvalue weighted by Crippen LogP contribution is -2.32. The van der Waals surface area contributed by atoms with Crippen molar-refractivity contribution >= 4 is 19.4 Å². The van der Waals surface area contributed by atoms with E-state index in [0.717, 1.165) is 5.56 Å². The second-order valence-electron chi connectivity index (χ2n) is 7.18. The van der Waals surface area contributed by atoms with Crippen molar-refractivity contribution in [3.8, 4) is 5.75 Å². The van der Waals surface area contributed by atoms with E-state index in [9.17, 15) is 9.36 Å². The van der Waals surface area contributed by atoms with Crippen molar-refractivity contribution < 1.29 is 27.9 Å². The van der Waals surface area contributed by atoms with Crippen molar-refractivity contribution in [1.82, 2.24) is 5.32 Å². The van der Waals surface area contributed by atoms with Gasteiger partial charge in [0, 0.05) is 18.3 Å². The van der Waals surface area contributed by atoms with Crippen LogP contribution in [-0.4, -0.2) is 37.7 Å². The number of carbonyl (C=O) groups is 1. The lowest BCUT2D eigenvalue weighted by Gasteiger charge is -2.19. The lowest BCUT2D eigenvalue weighted by atomic mass is 10.2. The molecule has 0 aliphatic carbocycles. The van der Waals surface area contributed by atoms with Crippen LogP contribution >= 0.6 is 7.60 Å². The topological polar surface area (TPSA) is 109 Å². The van der Waals surface area contributed by atoms with Gasteiger partial charge in [-0.05, 0) is 52.3 Å². The summed E-state index contributed by atoms with van der Waals surface area (Å²) in [6, 6.07) is 5.23. The molecule has 0 aromatic heterocycles. The molecule has 0 spiro atoms. The van der Waals surface area contributed by atoms with E-state index in [4.69, 9.17) is 24.3 Å². The summed E-state index contributed by atoms with van der Waals surface area (Å²) >= 11 is 0. The summed E-state index contributed by atoms with van der Waals surface area (Å²) in [4.78, 5) is 11.8. The number of nitrogen functional groups attached to an aromatic ring is 1. The number of amides is 1. The number of hydrogen-bond donors (Lipinski definition) is 2. The van der Waals surface area contributed by atoms with Crippen LogP contribution in [0.1, 0.15) is 40.2 Å². The van der Waals surface area contributed by atoms with Gasteiger partial charge in [-0.25, -0.2) is 4.79 Å². The molecule has 1 amide bonds. The Labute approximate surface area is 173 Å². The number of hydrogen-bond acceptors (Lipinski definition) is 7. The van der Waals surface area contributed by atoms with Crippen molar-refractivity contribution in [2.45, 2.75) is 46.8 Å². The Bertz CT molecular complexity index is 720. The Hall–Kier alpha value is -2.02. The van der Waals surface area contributed by atoms with E-state index in [-0.39, 0.29) is 19.3 Å². The zero-order chi connectivity index (χ0) is 21.9. The maximum Gasteiger partial charge on any atom is 0.407 e. The van der Waals surface area contributed by atoms with Gasteiger partial charge in [0.1, 0.15) is 18.0 Å². The minimum Gasteiger partial charge on any atom is -0.489 e. The monoisotopic (exact) mass is 428 g/mol. The van der Waals surface area contributed by atoms with E-state index in [0.29, 0.717) is 24.7 Å². The molecule has 0 aliphatic heterocycles. The summed E-state index contributed by atoms with van der Waals surface area (Å²) in [5.41, 5.74) is 6.65. The van der Waals surface area contributed by atoms with E-state index in [1.165, 1.54) is 0 Å². The second-order valence-corrected chi connectivity index (χ2v) is 9.28. The van der Waals surface area contributed by atoms with Gasteiger partial charge in [0.25, 0.3) is 0 Å². The van der Waals surface area contributed by atoms with Gasteiger partial charge in [-0.1, -0.05) is 12.2 Å². The molecule has 1 aromatic carbocycles. The molecule has 1 aromatic rings. The molecule has 9 heteroatoms. The third-order valence-corrected chi connectivity index (χ3v) is 5.28. The molecule has 0 saturated heterocycles. The molecule has 29 heavy (non-hydrogen) atoms. The van der Waals surface area contributed by atoms with Gasteiger partial charge in [-0.3, -0.25) is 4.57 Å². The van der Waals surface area contributed by atoms with Gasteiger partial charge in [-0.2, -0.15) is 0 Å². The first kappa shape index (κ1) is 25.0. The summed E-state index contributed by atoms with van der Waals surface area (Å²) in [6.07, 6.45) is 3.13. The van der Waals surface area contributed by atoms with Crippen LogP contribution in [0.2, 0.25) is 0 Å². The fourth-order valence-corrected chi connectivity index (χ4v) is 3.79. The number of anilines is 1. The standard InChI is InChI=1S/C20H33N2O6P/c1-6-26-29(24,27-7-2)11-9-8-10-25-18-13-16(12-17(21)14-18)15-22-19(23)28-20(3,4)5/h8-9,12-14H,6-7,10-11,15,21H2,1-5H3,(H,22,23)/b9-8+. The summed E-state index contributed by atoms with van der Waals surface area (Å²) in [7, 11) is -3.10. The quantitative estimate of drug-likeness (QED) is 0.303. The van der Waals surface area contributed by atoms with Crippen LogP contribution < -0.4 is 15.8 Å². The van der Waals surface area contributed by atoms with Crippen LogP contribution in [0.15, 0.2) is 30.4 Å². The maximum atomic E-state index is 12.4. The molecule has 0 unspecified atom stereocenters. The smallest absolute Gasteiger partial charge is 0.407 e. The summed E-state index contributed by atoms with van der Waals surface area (Å²) in [6.45, 7) is 10.1. The predicted octanol–water partition coefficient (Wildman–Crippen LogP) is 4.49. The Kier molecular flexibility index (Phi) is 10.2. The highest BCUT2D eigenvalue weighted by atomic mass is 31.2. The molecule has 0 heterocycles. The first-order valence-electron chi connectivity index (χ1n) is 9.59. The van der Waals surface area contributed by atoms with Crippen molar-refractivity contribution in [1.29, 1.82) is 0 Å². The Balaban J connectivity index is 2.56. The van der Waals surface area contributed by atoms with Crippen LogP contribution in [0.3, 0.4) is 0 Å². The van der Waals surface area contributed by atoms with Crippen LogP contribution in [-0.2, 0) is 24.9 Å². The van der Waals surface area contributed by atoms with Gasteiger partial charge < -0.3 is 29.6 Å². The number of ether oxygens (including phenoxy) is 2. The number of alkyl carbamates (subject to hydrolysis) is 1. The van der Waals surface area contributed by atoms with Crippen LogP contribution in [0.5, 0.6) is 5.75 Å². The molecule has 0 radical (unpaired) electrons. The molecule has 3 N–H and O–H groups in total. The van der Waals surface area contributed by atoms with Crippen molar-refractivity contribution in [3.05, 3.63) is 35.9 Å². The number of allylic oxidation sites excluding steroid dienone is 1. The molecule has 0 aliphatic rings. The Morgan fingerprint density at radius 3 is 2.38 bits per heavy atom. The SMILES string of the molecule is CCOP(=O)(C/C=C/COc1cc(N)cc(CNC(=O)OC(C)(C)C)c1)OCC. The average Bonchev–Trinajstić information content (AvgIpc) is 2.58. The van der Waals surface area contributed by atoms with Crippen LogP contribution in [0.4, 0.5) is 10.5 Å². The predicted molar refractivity (Wildman–Crippen MR) is 114 cm³/mol. The first-order valence-corrected chi connectivity index (χ1v) is 11.3. The number of rotatable bonds is 11. The van der Waals surface area contributed by atoms with E-state index < -0.39 is 19.3 Å². The van der Waals surface area contributed by atoms with Gasteiger partial charge in [0.15, 0.2) is 0 Å². The van der Waals surface area contributed by atoms with Gasteiger partial charge in [-0.15, -0.1) is 0 Å². The third-order valence-electron chi connectivity index (χ3n) is 3.32. The molecule has 0 fully saturated rings. The number of nitrogens with one attached hydrogen (secondary N) is 1. The maximum absolute atomic E-state index is 12.4. The number of carbonyl (C=O) groups excluding carboxylic acids is 1. The van der Waals surface area contributed by atoms with E-state index >= 15 is 0 Å². The zero-order valence-electron chi connectivity index (χ0n) is 17.9. The fraction of sp³-hybridized carbons (Fsp3) is 0.550. The van der Waals surface area contributed by atoms with Gasteiger partial charge in [0.2, 0.25) is 0 Å². The molecule has 1 rings (SSSR count). The van der Waals surface area contributed by atoms with E-state index in [1.807, 2.05) is 0 Å². The Morgan fingerprint density at radius 1 is 1.14 bits per heavy atom. The minimum absolute atomic E-state index is 0.181. The van der Waals surface area contributed by atoms with Crippen molar-refractivity contribution in [2.75, 3.05) is 31.7 Å². The lowest BCUT2D eigenvalue weighted by molar-refractivity contribution is 0.0523. The normalized spacial score (nSPS) is 12.2. The molecular formula is C20H33N2O6P. The van der Waals surface area contributed by atoms with Crippen molar-refractivity contribution in [3.63, 3.8) is 0 Å². The summed E-state index contributed by atoms with van der Waals surface area (Å²) in [5.74, 6) is 0.563. The summed E-state index contributed by atoms with van der Waals surface area (Å²) < 4.78 is 33.7. The first-order chi connectivity index (χ1) is 13.6. The number of benzene rings is 1. The number of nitrogens with two attached hydrogens (primary N) is 1. The zero-order valence-corrected chi connectivity index (χ0v) is 18.8. The van der Waals surface area contributed by atoms with Crippen LogP contribution in [0.25, 0.3) is 0 Å². The van der Waals surface area contributed by atoms with Gasteiger partial charge in [0.05, 0.1) is 19.4 Å². The molecule has 164 valence electrons. The molecule has 8 nitrogen and oxygen atoms in total. The third kappa shape index (κ3) is 10.9. The molecule has 0 atom stereocenters. The average molecular weight is 428 g/mol. The second kappa shape index (κ2) is 11.9. The highest BCUT2D eigenvalue weighted by molar-refractivity contribution is 7.54. The van der Waals surface area contributed by atoms with Gasteiger partial charge >= 0.3 is 13.7 Å². The molecule has 0 saturated carbocycles. The van der Waals surface area contributed by atoms with Crippen molar-refractivity contribution in [2.24, 2.45) is 0 Å². The van der Waals surface area contributed by atoms with Crippen LogP contribution in [0, 0.1) is 0 Å². The van der Waals surface area contributed by atoms with E-state index in [2.05, 4.69) is 5.32 Å². The van der Waals surface area contributed by atoms with E-state index in [1.54, 1.807) is 65.0 Å². The minimum atomic E-state index is -3.10. The Morgan fingerprint density at radius 2 is 1.79 bits per heavy atom. The largest absolute Gasteiger partial charge is 0.489 e. The molecular weight excluding hydrogens is 395 g/mol. The fourth-order valence-electron chi connectivity index (χ4n) is 2.31. The summed E-state index contributed by atoms with van der Waals surface area (Å²) in [5, 5.41) is 2.68. The highest BCUT2D eigenvalue weighted by Crippen LogP contribution is 2.47. The highest BCUT2D eigenvalue weighted by Gasteiger charge is 2.21.